The molecule has 3 rings (SSSR count). The standard InChI is InChI=1S/C16H8ClF2NOS2/c17-12-8-11(5-6-13(12)19)20-15(21)14(23-16(20)22)7-9-1-3-10(18)4-2-9/h1-8H/b14-7-. The Morgan fingerprint density at radius 3 is 2.48 bits per heavy atom. The van der Waals surface area contributed by atoms with Gasteiger partial charge in [-0.1, -0.05) is 47.7 Å². The number of thioether (sulfide) groups is 1. The number of anilines is 1. The second-order valence-electron chi connectivity index (χ2n) is 4.67. The van der Waals surface area contributed by atoms with E-state index < -0.39 is 5.82 Å². The first-order chi connectivity index (χ1) is 11.0. The molecule has 2 nitrogen and oxygen atoms in total. The van der Waals surface area contributed by atoms with Gasteiger partial charge in [0.05, 0.1) is 15.6 Å². The van der Waals surface area contributed by atoms with Crippen LogP contribution in [0.5, 0.6) is 0 Å². The van der Waals surface area contributed by atoms with Crippen molar-refractivity contribution in [3.8, 4) is 0 Å². The number of nitrogens with zero attached hydrogens (tertiary/aromatic N) is 1. The van der Waals surface area contributed by atoms with Crippen LogP contribution < -0.4 is 4.90 Å². The van der Waals surface area contributed by atoms with Crippen LogP contribution in [0.4, 0.5) is 14.5 Å². The first-order valence-corrected chi connectivity index (χ1v) is 8.04. The van der Waals surface area contributed by atoms with E-state index in [4.69, 9.17) is 23.8 Å². The molecule has 1 aliphatic heterocycles. The third-order valence-electron chi connectivity index (χ3n) is 3.12. The molecular weight excluding hydrogens is 360 g/mol. The van der Waals surface area contributed by atoms with Crippen LogP contribution in [-0.4, -0.2) is 10.2 Å². The molecule has 0 saturated carbocycles. The number of rotatable bonds is 2. The number of carbonyl (C=O) groups excluding carboxylic acids is 1. The van der Waals surface area contributed by atoms with E-state index in [2.05, 4.69) is 0 Å². The monoisotopic (exact) mass is 367 g/mol. The van der Waals surface area contributed by atoms with Crippen molar-refractivity contribution < 1.29 is 13.6 Å². The predicted molar refractivity (Wildman–Crippen MR) is 93.5 cm³/mol. The zero-order valence-electron chi connectivity index (χ0n) is 11.4. The summed E-state index contributed by atoms with van der Waals surface area (Å²) in [5.41, 5.74) is 1.09. The van der Waals surface area contributed by atoms with Crippen molar-refractivity contribution in [1.29, 1.82) is 0 Å². The molecular formula is C16H8ClF2NOS2. The summed E-state index contributed by atoms with van der Waals surface area (Å²) in [7, 11) is 0. The number of amides is 1. The SMILES string of the molecule is O=C1/C(=C/c2ccc(F)cc2)SC(=S)N1c1ccc(F)c(Cl)c1. The number of carbonyl (C=O) groups is 1. The van der Waals surface area contributed by atoms with E-state index in [0.29, 0.717) is 20.5 Å². The van der Waals surface area contributed by atoms with Crippen LogP contribution in [0, 0.1) is 11.6 Å². The fraction of sp³-hybridized carbons (Fsp3) is 0. The van der Waals surface area contributed by atoms with Gasteiger partial charge in [-0.25, -0.2) is 8.78 Å². The predicted octanol–water partition coefficient (Wildman–Crippen LogP) is 5.02. The van der Waals surface area contributed by atoms with Gasteiger partial charge in [-0.05, 0) is 42.0 Å². The van der Waals surface area contributed by atoms with Gasteiger partial charge in [0.2, 0.25) is 0 Å². The van der Waals surface area contributed by atoms with Crippen LogP contribution in [0.3, 0.4) is 0 Å². The van der Waals surface area contributed by atoms with E-state index in [9.17, 15) is 13.6 Å². The van der Waals surface area contributed by atoms with Crippen molar-refractivity contribution in [1.82, 2.24) is 0 Å². The molecule has 0 bridgehead atoms. The lowest BCUT2D eigenvalue weighted by Gasteiger charge is -2.14. The number of hydrogen-bond acceptors (Lipinski definition) is 3. The van der Waals surface area contributed by atoms with Crippen molar-refractivity contribution >= 4 is 57.6 Å². The topological polar surface area (TPSA) is 20.3 Å². The van der Waals surface area contributed by atoms with Crippen LogP contribution in [0.15, 0.2) is 47.4 Å². The summed E-state index contributed by atoms with van der Waals surface area (Å²) < 4.78 is 26.5. The lowest BCUT2D eigenvalue weighted by atomic mass is 10.2. The fourth-order valence-corrected chi connectivity index (χ4v) is 3.50. The molecule has 7 heteroatoms. The van der Waals surface area contributed by atoms with Crippen LogP contribution in [-0.2, 0) is 4.79 Å². The quantitative estimate of drug-likeness (QED) is 0.549. The molecule has 0 N–H and O–H groups in total. The first kappa shape index (κ1) is 16.1. The average Bonchev–Trinajstić information content (AvgIpc) is 2.79. The minimum Gasteiger partial charge on any atom is -0.268 e. The van der Waals surface area contributed by atoms with Gasteiger partial charge >= 0.3 is 0 Å². The van der Waals surface area contributed by atoms with Crippen molar-refractivity contribution in [3.05, 3.63) is 69.6 Å². The van der Waals surface area contributed by atoms with Gasteiger partial charge in [-0.15, -0.1) is 0 Å². The Balaban J connectivity index is 1.93. The number of thiocarbonyl (C=S) groups is 1. The minimum atomic E-state index is -0.567. The molecule has 0 spiro atoms. The summed E-state index contributed by atoms with van der Waals surface area (Å²) in [6.45, 7) is 0. The summed E-state index contributed by atoms with van der Waals surface area (Å²) in [6.07, 6.45) is 1.63. The van der Waals surface area contributed by atoms with Crippen molar-refractivity contribution in [2.24, 2.45) is 0 Å². The molecule has 23 heavy (non-hydrogen) atoms. The highest BCUT2D eigenvalue weighted by molar-refractivity contribution is 8.27. The maximum atomic E-state index is 13.3. The Labute approximate surface area is 145 Å². The summed E-state index contributed by atoms with van der Waals surface area (Å²) in [6, 6.07) is 9.72. The fourth-order valence-electron chi connectivity index (χ4n) is 2.02. The molecule has 2 aromatic rings. The third-order valence-corrected chi connectivity index (χ3v) is 4.71. The van der Waals surface area contributed by atoms with Gasteiger partial charge in [-0.2, -0.15) is 0 Å². The van der Waals surface area contributed by atoms with Gasteiger partial charge in [0.15, 0.2) is 4.32 Å². The Kier molecular flexibility index (Phi) is 4.48. The molecule has 1 heterocycles. The lowest BCUT2D eigenvalue weighted by Crippen LogP contribution is -2.27. The number of hydrogen-bond donors (Lipinski definition) is 0. The maximum absolute atomic E-state index is 13.3. The molecule has 0 atom stereocenters. The van der Waals surface area contributed by atoms with Crippen molar-refractivity contribution in [2.75, 3.05) is 4.90 Å². The summed E-state index contributed by atoms with van der Waals surface area (Å²) in [4.78, 5) is 14.2. The van der Waals surface area contributed by atoms with E-state index in [-0.39, 0.29) is 16.7 Å². The smallest absolute Gasteiger partial charge is 0.268 e. The van der Waals surface area contributed by atoms with Gasteiger partial charge in [-0.3, -0.25) is 9.69 Å². The maximum Gasteiger partial charge on any atom is 0.270 e. The highest BCUT2D eigenvalue weighted by Crippen LogP contribution is 2.37. The largest absolute Gasteiger partial charge is 0.270 e. The van der Waals surface area contributed by atoms with E-state index in [0.717, 1.165) is 11.8 Å². The molecule has 1 amide bonds. The summed E-state index contributed by atoms with van der Waals surface area (Å²) >= 11 is 12.1. The van der Waals surface area contributed by atoms with E-state index in [1.165, 1.54) is 35.2 Å². The van der Waals surface area contributed by atoms with Crippen LogP contribution in [0.2, 0.25) is 5.02 Å². The van der Waals surface area contributed by atoms with E-state index >= 15 is 0 Å². The Morgan fingerprint density at radius 1 is 1.13 bits per heavy atom. The summed E-state index contributed by atoms with van der Waals surface area (Å²) in [5, 5.41) is -0.0842. The third kappa shape index (κ3) is 3.29. The molecule has 1 aliphatic rings. The zero-order valence-corrected chi connectivity index (χ0v) is 13.8. The normalized spacial score (nSPS) is 16.5. The molecule has 0 unspecified atom stereocenters. The first-order valence-electron chi connectivity index (χ1n) is 6.44. The van der Waals surface area contributed by atoms with Gasteiger partial charge < -0.3 is 0 Å². The molecule has 0 aliphatic carbocycles. The van der Waals surface area contributed by atoms with E-state index in [1.807, 2.05) is 0 Å². The molecule has 0 aromatic heterocycles. The molecule has 1 saturated heterocycles. The molecule has 116 valence electrons. The van der Waals surface area contributed by atoms with Crippen LogP contribution >= 0.6 is 35.6 Å². The van der Waals surface area contributed by atoms with Crippen molar-refractivity contribution in [2.45, 2.75) is 0 Å². The highest BCUT2D eigenvalue weighted by Gasteiger charge is 2.33. The lowest BCUT2D eigenvalue weighted by molar-refractivity contribution is -0.113. The Morgan fingerprint density at radius 2 is 1.83 bits per heavy atom. The van der Waals surface area contributed by atoms with Gasteiger partial charge in [0.25, 0.3) is 5.91 Å². The molecule has 0 radical (unpaired) electrons. The Hall–Kier alpha value is -1.76. The molecule has 2 aromatic carbocycles. The average molecular weight is 368 g/mol. The van der Waals surface area contributed by atoms with Gasteiger partial charge in [0.1, 0.15) is 11.6 Å². The highest BCUT2D eigenvalue weighted by atomic mass is 35.5. The van der Waals surface area contributed by atoms with E-state index in [1.54, 1.807) is 18.2 Å². The van der Waals surface area contributed by atoms with Crippen molar-refractivity contribution in [3.63, 3.8) is 0 Å². The second kappa shape index (κ2) is 6.39. The van der Waals surface area contributed by atoms with Crippen LogP contribution in [0.25, 0.3) is 6.08 Å². The minimum absolute atomic E-state index is 0.0842. The zero-order chi connectivity index (χ0) is 16.6. The second-order valence-corrected chi connectivity index (χ2v) is 6.75. The summed E-state index contributed by atoms with van der Waals surface area (Å²) in [5.74, 6) is -1.25. The van der Waals surface area contributed by atoms with Gasteiger partial charge in [0, 0.05) is 0 Å². The number of halogens is 3. The molecule has 1 fully saturated rings. The van der Waals surface area contributed by atoms with Crippen LogP contribution in [0.1, 0.15) is 5.56 Å². The Bertz CT molecular complexity index is 836. The number of benzene rings is 2.